The van der Waals surface area contributed by atoms with Crippen LogP contribution >= 0.6 is 0 Å². The zero-order valence-corrected chi connectivity index (χ0v) is 11.3. The number of nitrogens with two attached hydrogens (primary N) is 1. The van der Waals surface area contributed by atoms with Crippen LogP contribution in [-0.2, 0) is 6.54 Å². The molecule has 3 nitrogen and oxygen atoms in total. The molecule has 0 unspecified atom stereocenters. The Balaban J connectivity index is 2.41. The highest BCUT2D eigenvalue weighted by molar-refractivity contribution is 5.44. The van der Waals surface area contributed by atoms with Gasteiger partial charge in [-0.2, -0.15) is 0 Å². The Hall–Kier alpha value is -1.94. The first kappa shape index (κ1) is 13.5. The van der Waals surface area contributed by atoms with Crippen molar-refractivity contribution in [3.63, 3.8) is 0 Å². The van der Waals surface area contributed by atoms with Crippen LogP contribution in [0.1, 0.15) is 22.3 Å². The highest BCUT2D eigenvalue weighted by Crippen LogP contribution is 2.29. The maximum atomic E-state index is 13.1. The largest absolute Gasteiger partial charge is 0.438 e. The second-order valence-corrected chi connectivity index (χ2v) is 4.63. The van der Waals surface area contributed by atoms with Gasteiger partial charge in [0.1, 0.15) is 11.6 Å². The van der Waals surface area contributed by atoms with Gasteiger partial charge in [-0.1, -0.05) is 6.07 Å². The Morgan fingerprint density at radius 1 is 1.21 bits per heavy atom. The van der Waals surface area contributed by atoms with Crippen molar-refractivity contribution in [1.29, 1.82) is 0 Å². The quantitative estimate of drug-likeness (QED) is 0.920. The number of benzene rings is 1. The van der Waals surface area contributed by atoms with Gasteiger partial charge in [0.2, 0.25) is 5.88 Å². The first-order chi connectivity index (χ1) is 9.01. The minimum atomic E-state index is -0.412. The number of pyridine rings is 1. The molecule has 1 heterocycles. The lowest BCUT2D eigenvalue weighted by Gasteiger charge is -2.13. The van der Waals surface area contributed by atoms with Gasteiger partial charge in [-0.3, -0.25) is 0 Å². The summed E-state index contributed by atoms with van der Waals surface area (Å²) in [6, 6.07) is 5.37. The molecule has 0 spiro atoms. The summed E-state index contributed by atoms with van der Waals surface area (Å²) in [6.07, 6.45) is 1.13. The van der Waals surface area contributed by atoms with E-state index in [1.807, 2.05) is 26.8 Å². The molecule has 0 fully saturated rings. The number of ether oxygens (including phenoxy) is 1. The minimum Gasteiger partial charge on any atom is -0.438 e. The molecule has 0 radical (unpaired) electrons. The summed E-state index contributed by atoms with van der Waals surface area (Å²) in [6.45, 7) is 6.19. The number of hydrogen-bond acceptors (Lipinski definition) is 3. The molecule has 0 saturated heterocycles. The predicted octanol–water partition coefficient (Wildman–Crippen LogP) is 3.40. The van der Waals surface area contributed by atoms with Crippen molar-refractivity contribution < 1.29 is 9.13 Å². The number of aryl methyl sites for hydroxylation is 2. The van der Waals surface area contributed by atoms with E-state index >= 15 is 0 Å². The van der Waals surface area contributed by atoms with Gasteiger partial charge in [-0.15, -0.1) is 0 Å². The normalized spacial score (nSPS) is 10.6. The van der Waals surface area contributed by atoms with E-state index in [4.69, 9.17) is 10.5 Å². The Labute approximate surface area is 112 Å². The van der Waals surface area contributed by atoms with Crippen LogP contribution in [-0.4, -0.2) is 4.98 Å². The highest BCUT2D eigenvalue weighted by Gasteiger charge is 2.10. The van der Waals surface area contributed by atoms with Crippen molar-refractivity contribution in [2.45, 2.75) is 27.3 Å². The molecule has 2 N–H and O–H groups in total. The van der Waals surface area contributed by atoms with Crippen molar-refractivity contribution in [2.24, 2.45) is 5.73 Å². The third-order valence-electron chi connectivity index (χ3n) is 3.08. The zero-order chi connectivity index (χ0) is 14.0. The third kappa shape index (κ3) is 2.90. The summed E-state index contributed by atoms with van der Waals surface area (Å²) < 4.78 is 18.9. The van der Waals surface area contributed by atoms with E-state index in [1.54, 1.807) is 0 Å². The number of halogens is 1. The van der Waals surface area contributed by atoms with Crippen molar-refractivity contribution in [3.8, 4) is 11.6 Å². The molecule has 100 valence electrons. The fraction of sp³-hybridized carbons (Fsp3) is 0.267. The topological polar surface area (TPSA) is 48.1 Å². The Morgan fingerprint density at radius 2 is 1.95 bits per heavy atom. The summed E-state index contributed by atoms with van der Waals surface area (Å²) in [5.41, 5.74) is 9.43. The minimum absolute atomic E-state index is 0.184. The summed E-state index contributed by atoms with van der Waals surface area (Å²) >= 11 is 0. The van der Waals surface area contributed by atoms with E-state index in [-0.39, 0.29) is 6.54 Å². The van der Waals surface area contributed by atoms with Crippen LogP contribution in [0.3, 0.4) is 0 Å². The number of hydrogen-bond donors (Lipinski definition) is 1. The monoisotopic (exact) mass is 260 g/mol. The fourth-order valence-electron chi connectivity index (χ4n) is 1.92. The molecule has 1 aromatic carbocycles. The van der Waals surface area contributed by atoms with E-state index in [2.05, 4.69) is 11.1 Å². The van der Waals surface area contributed by atoms with E-state index < -0.39 is 5.82 Å². The number of aromatic nitrogens is 1. The van der Waals surface area contributed by atoms with Crippen LogP contribution in [0.15, 0.2) is 24.4 Å². The van der Waals surface area contributed by atoms with Gasteiger partial charge in [0.25, 0.3) is 0 Å². The van der Waals surface area contributed by atoms with Crippen LogP contribution in [0.5, 0.6) is 11.6 Å². The lowest BCUT2D eigenvalue weighted by molar-refractivity contribution is 0.448. The molecule has 0 aliphatic rings. The lowest BCUT2D eigenvalue weighted by Crippen LogP contribution is -2.03. The van der Waals surface area contributed by atoms with E-state index in [0.29, 0.717) is 11.4 Å². The van der Waals surface area contributed by atoms with E-state index in [9.17, 15) is 4.39 Å². The van der Waals surface area contributed by atoms with E-state index in [1.165, 1.54) is 6.07 Å². The average Bonchev–Trinajstić information content (AvgIpc) is 2.37. The van der Waals surface area contributed by atoms with Gasteiger partial charge in [0.15, 0.2) is 0 Å². The predicted molar refractivity (Wildman–Crippen MR) is 72.8 cm³/mol. The van der Waals surface area contributed by atoms with Crippen molar-refractivity contribution in [3.05, 3.63) is 52.5 Å². The summed E-state index contributed by atoms with van der Waals surface area (Å²) in [7, 11) is 0. The smallest absolute Gasteiger partial charge is 0.223 e. The Morgan fingerprint density at radius 3 is 2.63 bits per heavy atom. The molecule has 2 rings (SSSR count). The van der Waals surface area contributed by atoms with Crippen molar-refractivity contribution >= 4 is 0 Å². The molecule has 1 aromatic heterocycles. The molecule has 0 bridgehead atoms. The molecule has 4 heteroatoms. The maximum absolute atomic E-state index is 13.1. The molecule has 0 aliphatic heterocycles. The molecule has 19 heavy (non-hydrogen) atoms. The molecular formula is C15H17FN2O. The first-order valence-electron chi connectivity index (χ1n) is 6.11. The van der Waals surface area contributed by atoms with Gasteiger partial charge >= 0.3 is 0 Å². The summed E-state index contributed by atoms with van der Waals surface area (Å²) in [5, 5.41) is 0. The third-order valence-corrected chi connectivity index (χ3v) is 3.08. The lowest BCUT2D eigenvalue weighted by atomic mass is 10.1. The van der Waals surface area contributed by atoms with Crippen molar-refractivity contribution in [2.75, 3.05) is 0 Å². The van der Waals surface area contributed by atoms with Crippen LogP contribution in [0.2, 0.25) is 0 Å². The Bertz CT molecular complexity index is 611. The number of rotatable bonds is 3. The van der Waals surface area contributed by atoms with Crippen molar-refractivity contribution in [1.82, 2.24) is 4.98 Å². The average molecular weight is 260 g/mol. The second kappa shape index (κ2) is 5.36. The first-order valence-corrected chi connectivity index (χ1v) is 6.11. The van der Waals surface area contributed by atoms with Gasteiger partial charge in [-0.25, -0.2) is 9.37 Å². The SMILES string of the molecule is Cc1cc(C)c(C)c(Oc2ncc(F)cc2CN)c1. The van der Waals surface area contributed by atoms with Crippen LogP contribution < -0.4 is 10.5 Å². The summed E-state index contributed by atoms with van der Waals surface area (Å²) in [4.78, 5) is 3.97. The van der Waals surface area contributed by atoms with Crippen LogP contribution in [0, 0.1) is 26.6 Å². The molecule has 0 atom stereocenters. The maximum Gasteiger partial charge on any atom is 0.223 e. The van der Waals surface area contributed by atoms with Crippen LogP contribution in [0.4, 0.5) is 4.39 Å². The molecule has 0 aliphatic carbocycles. The summed E-state index contributed by atoms with van der Waals surface area (Å²) in [5.74, 6) is 0.674. The zero-order valence-electron chi connectivity index (χ0n) is 11.3. The van der Waals surface area contributed by atoms with Crippen LogP contribution in [0.25, 0.3) is 0 Å². The number of nitrogens with zero attached hydrogens (tertiary/aromatic N) is 1. The molecule has 0 amide bonds. The highest BCUT2D eigenvalue weighted by atomic mass is 19.1. The van der Waals surface area contributed by atoms with Gasteiger partial charge in [0.05, 0.1) is 6.20 Å². The Kier molecular flexibility index (Phi) is 3.81. The van der Waals surface area contributed by atoms with E-state index in [0.717, 1.165) is 28.6 Å². The standard InChI is InChI=1S/C15H17FN2O/c1-9-4-10(2)11(3)14(5-9)19-15-12(7-17)6-13(16)8-18-15/h4-6,8H,7,17H2,1-3H3. The second-order valence-electron chi connectivity index (χ2n) is 4.63. The van der Waals surface area contributed by atoms with Gasteiger partial charge < -0.3 is 10.5 Å². The fourth-order valence-corrected chi connectivity index (χ4v) is 1.92. The molecule has 0 saturated carbocycles. The van der Waals surface area contributed by atoms with Gasteiger partial charge in [-0.05, 0) is 49.6 Å². The molecular weight excluding hydrogens is 243 g/mol. The van der Waals surface area contributed by atoms with Gasteiger partial charge in [0, 0.05) is 12.1 Å². The molecule has 2 aromatic rings.